The van der Waals surface area contributed by atoms with Crippen molar-refractivity contribution < 1.29 is 14.6 Å². The summed E-state index contributed by atoms with van der Waals surface area (Å²) >= 11 is 25.7. The first kappa shape index (κ1) is 82.2. The molecule has 0 fully saturated rings. The third kappa shape index (κ3) is 21.9. The van der Waals surface area contributed by atoms with Crippen molar-refractivity contribution in [2.45, 2.75) is 120 Å². The van der Waals surface area contributed by atoms with Crippen molar-refractivity contribution in [2.24, 2.45) is 11.5 Å². The second-order valence-electron chi connectivity index (χ2n) is 25.2. The average molecular weight is 1530 g/mol. The third-order valence-corrected chi connectivity index (χ3v) is 18.2. The maximum Gasteiger partial charge on any atom is 0.260 e. The number of aryl methyl sites for hydroxylation is 6. The minimum atomic E-state index is -1.25. The van der Waals surface area contributed by atoms with Gasteiger partial charge in [0, 0.05) is 171 Å². The second kappa shape index (κ2) is 39.8. The van der Waals surface area contributed by atoms with Crippen LogP contribution in [0.15, 0.2) is 143 Å². The molecule has 0 atom stereocenters. The van der Waals surface area contributed by atoms with E-state index in [1.54, 1.807) is 93.7 Å². The van der Waals surface area contributed by atoms with E-state index in [-0.39, 0.29) is 35.2 Å². The first-order valence-corrected chi connectivity index (χ1v) is 39.8. The van der Waals surface area contributed by atoms with E-state index in [1.807, 2.05) is 90.1 Å². The molecule has 9 heterocycles. The zero-order chi connectivity index (χ0) is 76.6. The van der Waals surface area contributed by atoms with Gasteiger partial charge in [-0.05, 0) is 148 Å². The number of hydrogen-bond acceptors (Lipinski definition) is 22. The number of unbranched alkanes of at least 4 members (excludes halogenated alkanes) is 1. The Kier molecular flexibility index (Phi) is 30.8. The van der Waals surface area contributed by atoms with Crippen molar-refractivity contribution in [1.82, 2.24) is 73.5 Å². The lowest BCUT2D eigenvalue weighted by Gasteiger charge is -2.16. The van der Waals surface area contributed by atoms with Crippen molar-refractivity contribution in [3.05, 3.63) is 197 Å². The molecular formula is C76H89Cl4N19O6Si. The van der Waals surface area contributed by atoms with Gasteiger partial charge in [0.05, 0.1) is 52.8 Å². The van der Waals surface area contributed by atoms with Crippen LogP contribution in [0.25, 0.3) is 100 Å². The molecule has 0 saturated heterocycles. The van der Waals surface area contributed by atoms with Gasteiger partial charge in [-0.25, -0.2) is 29.9 Å². The molecule has 0 saturated carbocycles. The van der Waals surface area contributed by atoms with Crippen molar-refractivity contribution in [1.29, 1.82) is 0 Å². The molecule has 0 aliphatic heterocycles. The van der Waals surface area contributed by atoms with Crippen LogP contribution in [0.2, 0.25) is 40.0 Å². The topological polar surface area (TPSA) is 346 Å². The number of anilines is 2. The number of rotatable bonds is 23. The number of fused-ring (bicyclic) bond motifs is 3. The summed E-state index contributed by atoms with van der Waals surface area (Å²) in [4.78, 5) is 91.8. The van der Waals surface area contributed by atoms with Gasteiger partial charge in [0.2, 0.25) is 17.2 Å². The van der Waals surface area contributed by atoms with Gasteiger partial charge in [-0.1, -0.05) is 84.5 Å². The summed E-state index contributed by atoms with van der Waals surface area (Å²) in [6.45, 7) is 25.2. The molecule has 25 nitrogen and oxygen atoms in total. The Bertz CT molecular complexity index is 4970. The molecule has 556 valence electrons. The summed E-state index contributed by atoms with van der Waals surface area (Å²) in [6, 6.07) is 21.9. The number of aliphatic hydroxyl groups is 2. The van der Waals surface area contributed by atoms with Crippen molar-refractivity contribution in [3.8, 4) is 67.2 Å². The van der Waals surface area contributed by atoms with Crippen LogP contribution < -0.4 is 38.8 Å². The number of nitrogens with one attached hydrogen (secondary N) is 2. The van der Waals surface area contributed by atoms with Gasteiger partial charge in [-0.2, -0.15) is 15.0 Å². The second-order valence-corrected chi connectivity index (χ2v) is 31.2. The number of hydrogen-bond donors (Lipinski definition) is 6. The standard InChI is InChI=1S/C24H25ClN6O.C23H23ClN6O2.C20H15Cl2N5O.C6H17NOSi.C3H9NO/c1-4-6-9-27-24-28-13-17-10-19(23(32)31(5-2)22(17)30-24)18-8-7-16(11-20(18)25)21-14-26-12-15(3)29-21;1-3-30-21-16(12-27-23(29-21)26-7-4-8-31)9-18(22(30)32)17-6-5-15(10-19(17)24)20-13-25-11-14(2)28-20;1-3-27-18-13(9-24-20(22)26-18)6-15(19(27)28)14-5-4-12(7-16(14)21)17-10-23-8-11(2)25-17;1-9(2,3)8-6-4-5-7;4-2-1-3-5/h7-8,10-14H,4-6,9H2,1-3H3,(H,27,28,30);5-6,9-13,31H,3-4,7-8H2,1-2H3,(H,26,27,29);4-10H,3H2,1-2H3;4-7H2,1-3H3;5H,1-4H2. The Morgan fingerprint density at radius 3 is 1.11 bits per heavy atom. The van der Waals surface area contributed by atoms with Crippen LogP contribution in [-0.2, 0) is 24.1 Å². The van der Waals surface area contributed by atoms with E-state index >= 15 is 0 Å². The van der Waals surface area contributed by atoms with Crippen LogP contribution in [0, 0.1) is 20.8 Å². The predicted octanol–water partition coefficient (Wildman–Crippen LogP) is 13.9. The van der Waals surface area contributed by atoms with E-state index < -0.39 is 8.32 Å². The van der Waals surface area contributed by atoms with Crippen LogP contribution >= 0.6 is 46.4 Å². The molecule has 0 bridgehead atoms. The lowest BCUT2D eigenvalue weighted by Crippen LogP contribution is -2.26. The van der Waals surface area contributed by atoms with Crippen LogP contribution in [0.1, 0.15) is 76.9 Å². The highest BCUT2D eigenvalue weighted by atomic mass is 35.5. The Labute approximate surface area is 636 Å². The quantitative estimate of drug-likeness (QED) is 0.0197. The van der Waals surface area contributed by atoms with Crippen LogP contribution in [0.5, 0.6) is 0 Å². The van der Waals surface area contributed by atoms with E-state index in [0.29, 0.717) is 122 Å². The molecular weight excluding hydrogens is 1440 g/mol. The molecule has 12 rings (SSSR count). The Balaban J connectivity index is 0.000000184. The third-order valence-electron chi connectivity index (χ3n) is 16.0. The van der Waals surface area contributed by atoms with Crippen molar-refractivity contribution in [2.75, 3.05) is 56.6 Å². The molecule has 12 aromatic rings. The molecule has 0 aliphatic carbocycles. The molecule has 8 N–H and O–H groups in total. The maximum absolute atomic E-state index is 13.3. The van der Waals surface area contributed by atoms with Gasteiger partial charge in [0.25, 0.3) is 16.7 Å². The number of aromatic nitrogens is 15. The highest BCUT2D eigenvalue weighted by molar-refractivity contribution is 6.69. The smallest absolute Gasteiger partial charge is 0.260 e. The molecule has 0 spiro atoms. The summed E-state index contributed by atoms with van der Waals surface area (Å²) in [5.41, 5.74) is 22.0. The molecule has 3 aromatic carbocycles. The molecule has 0 radical (unpaired) electrons. The fraction of sp³-hybridized carbons (Fsp3) is 0.329. The van der Waals surface area contributed by atoms with Crippen LogP contribution in [0.3, 0.4) is 0 Å². The summed E-state index contributed by atoms with van der Waals surface area (Å²) in [7, 11) is -1.25. The molecule has 9 aromatic heterocycles. The number of pyridine rings is 3. The minimum Gasteiger partial charge on any atom is -0.418 e. The van der Waals surface area contributed by atoms with E-state index in [0.717, 1.165) is 107 Å². The predicted molar refractivity (Wildman–Crippen MR) is 429 cm³/mol. The Hall–Kier alpha value is -9.45. The zero-order valence-corrected chi connectivity index (χ0v) is 65.2. The molecule has 0 aliphatic rings. The summed E-state index contributed by atoms with van der Waals surface area (Å²) in [5.74, 6) is 0.948. The molecule has 106 heavy (non-hydrogen) atoms. The molecule has 0 amide bonds. The van der Waals surface area contributed by atoms with Crippen LogP contribution in [0.4, 0.5) is 11.9 Å². The van der Waals surface area contributed by atoms with E-state index in [1.165, 1.54) is 0 Å². The summed E-state index contributed by atoms with van der Waals surface area (Å²) in [5, 5.41) is 26.9. The fourth-order valence-electron chi connectivity index (χ4n) is 10.8. The van der Waals surface area contributed by atoms with Crippen molar-refractivity contribution >= 4 is 99.7 Å². The zero-order valence-electron chi connectivity index (χ0n) is 61.1. The first-order chi connectivity index (χ1) is 51.0. The largest absolute Gasteiger partial charge is 0.418 e. The Morgan fingerprint density at radius 2 is 0.802 bits per heavy atom. The first-order valence-electron chi connectivity index (χ1n) is 34.9. The SMILES string of the molecule is CCCCNc1ncc2cc(-c3ccc(-c4cncc(C)n4)cc3Cl)c(=O)n(CC)c2n1.CCn1c(=O)c(-c2ccc(-c3cncc(C)n3)cc2Cl)cc2cnc(Cl)nc21.CCn1c(=O)c(-c2ccc(-c3cncc(C)n3)cc2Cl)cc2cnc(NCCCO)nc21.C[Si](C)(C)OCCCN.NCCCO. The molecule has 30 heteroatoms. The normalized spacial score (nSPS) is 11.1. The van der Waals surface area contributed by atoms with Gasteiger partial charge in [-0.15, -0.1) is 0 Å². The van der Waals surface area contributed by atoms with Crippen molar-refractivity contribution in [3.63, 3.8) is 0 Å². The van der Waals surface area contributed by atoms with E-state index in [9.17, 15) is 14.4 Å². The lowest BCUT2D eigenvalue weighted by atomic mass is 10.0. The minimum absolute atomic E-state index is 0.0829. The van der Waals surface area contributed by atoms with Gasteiger partial charge >= 0.3 is 0 Å². The molecule has 0 unspecified atom stereocenters. The number of benzene rings is 3. The Morgan fingerprint density at radius 1 is 0.443 bits per heavy atom. The number of nitrogens with two attached hydrogens (primary N) is 2. The highest BCUT2D eigenvalue weighted by Gasteiger charge is 2.21. The average Bonchev–Trinajstić information content (AvgIpc) is 0.771. The van der Waals surface area contributed by atoms with Gasteiger partial charge in [0.1, 0.15) is 16.9 Å². The maximum atomic E-state index is 13.3. The lowest BCUT2D eigenvalue weighted by molar-refractivity contribution is 0.291. The highest BCUT2D eigenvalue weighted by Crippen LogP contribution is 2.35. The van der Waals surface area contributed by atoms with Gasteiger partial charge in [0.15, 0.2) is 8.32 Å². The van der Waals surface area contributed by atoms with E-state index in [2.05, 4.69) is 97.0 Å². The summed E-state index contributed by atoms with van der Waals surface area (Å²) in [6.07, 6.45) is 19.6. The number of aliphatic hydroxyl groups excluding tert-OH is 2. The van der Waals surface area contributed by atoms with Crippen LogP contribution in [-0.4, -0.2) is 138 Å². The van der Waals surface area contributed by atoms with E-state index in [4.69, 9.17) is 72.5 Å². The number of nitrogens with zero attached hydrogens (tertiary/aromatic N) is 15. The van der Waals surface area contributed by atoms with Gasteiger partial charge in [-0.3, -0.25) is 43.0 Å². The number of halogens is 4. The van der Waals surface area contributed by atoms with Gasteiger partial charge < -0.3 is 36.7 Å². The summed E-state index contributed by atoms with van der Waals surface area (Å²) < 4.78 is 10.4. The fourth-order valence-corrected chi connectivity index (χ4v) is 12.5. The monoisotopic (exact) mass is 1530 g/mol.